The first-order valence-corrected chi connectivity index (χ1v) is 9.77. The number of nitrogens with one attached hydrogen (secondary N) is 1. The lowest BCUT2D eigenvalue weighted by molar-refractivity contribution is -0.0488. The number of pyridine rings is 1. The molecule has 0 radical (unpaired) electrons. The molecule has 7 nitrogen and oxygen atoms in total. The average Bonchev–Trinajstić information content (AvgIpc) is 3.46. The van der Waals surface area contributed by atoms with Gasteiger partial charge in [-0.1, -0.05) is 0 Å². The number of carbonyl (C=O) groups is 1. The van der Waals surface area contributed by atoms with E-state index in [9.17, 15) is 23.5 Å². The zero-order valence-electron chi connectivity index (χ0n) is 16.5. The maximum atomic E-state index is 15.2. The minimum Gasteiger partial charge on any atom is -0.477 e. The quantitative estimate of drug-likeness (QED) is 0.767. The number of aromatic carboxylic acids is 1. The third-order valence-corrected chi connectivity index (χ3v) is 5.45. The number of carboxylic acid groups (broad SMARTS) is 1. The molecule has 2 aliphatic rings. The summed E-state index contributed by atoms with van der Waals surface area (Å²) in [5.74, 6) is -2.79. The number of rotatable bonds is 5. The van der Waals surface area contributed by atoms with Crippen molar-refractivity contribution in [2.75, 3.05) is 18.0 Å². The topological polar surface area (TPSA) is 83.8 Å². The molecule has 162 valence electrons. The number of anilines is 1. The summed E-state index contributed by atoms with van der Waals surface area (Å²) in [6.45, 7) is 1.26. The van der Waals surface area contributed by atoms with Gasteiger partial charge in [0.2, 0.25) is 5.43 Å². The van der Waals surface area contributed by atoms with Gasteiger partial charge in [0.05, 0.1) is 10.9 Å². The van der Waals surface area contributed by atoms with Gasteiger partial charge in [-0.05, 0) is 32.8 Å². The average molecular weight is 425 g/mol. The predicted molar refractivity (Wildman–Crippen MR) is 104 cm³/mol. The van der Waals surface area contributed by atoms with Gasteiger partial charge in [-0.25, -0.2) is 9.18 Å². The summed E-state index contributed by atoms with van der Waals surface area (Å²) in [6.07, 6.45) is 2.53. The van der Waals surface area contributed by atoms with Gasteiger partial charge >= 0.3 is 12.6 Å². The van der Waals surface area contributed by atoms with Gasteiger partial charge in [0.1, 0.15) is 11.3 Å². The molecule has 4 rings (SSSR count). The highest BCUT2D eigenvalue weighted by Gasteiger charge is 2.34. The Morgan fingerprint density at radius 1 is 1.27 bits per heavy atom. The van der Waals surface area contributed by atoms with Crippen molar-refractivity contribution in [1.82, 2.24) is 9.88 Å². The van der Waals surface area contributed by atoms with Crippen LogP contribution in [0.1, 0.15) is 43.1 Å². The van der Waals surface area contributed by atoms with Crippen molar-refractivity contribution < 1.29 is 27.8 Å². The summed E-state index contributed by atoms with van der Waals surface area (Å²) in [5.41, 5.74) is -1.60. The van der Waals surface area contributed by atoms with Gasteiger partial charge in [-0.2, -0.15) is 8.78 Å². The van der Waals surface area contributed by atoms with E-state index in [1.807, 2.05) is 13.8 Å². The van der Waals surface area contributed by atoms with Crippen LogP contribution in [0.15, 0.2) is 17.1 Å². The molecular formula is C20H22F3N3O4. The zero-order valence-corrected chi connectivity index (χ0v) is 16.5. The lowest BCUT2D eigenvalue weighted by atomic mass is 10.1. The SMILES string of the molecule is CC1CN(c2c(F)cc3c(=O)c(C(=O)O)cn(C4CC4)c3c2OC(F)F)CC(C)N1. The van der Waals surface area contributed by atoms with Crippen LogP contribution in [-0.4, -0.2) is 47.4 Å². The van der Waals surface area contributed by atoms with Gasteiger partial charge in [-0.15, -0.1) is 0 Å². The van der Waals surface area contributed by atoms with Crippen molar-refractivity contribution in [2.24, 2.45) is 0 Å². The number of aromatic nitrogens is 1. The van der Waals surface area contributed by atoms with Crippen LogP contribution in [0.5, 0.6) is 5.75 Å². The summed E-state index contributed by atoms with van der Waals surface area (Å²) in [4.78, 5) is 25.9. The standard InChI is InChI=1S/C20H22F3N3O4/c1-9-6-25(7-10(2)24-9)16-14(21)5-12-15(18(16)30-20(22)23)26(11-3-4-11)8-13(17(12)27)19(28)29/h5,8-11,20,24H,3-4,6-7H2,1-2H3,(H,28,29). The summed E-state index contributed by atoms with van der Waals surface area (Å²) in [6, 6.07) is 0.727. The fourth-order valence-corrected chi connectivity index (χ4v) is 4.24. The molecule has 30 heavy (non-hydrogen) atoms. The Kier molecular flexibility index (Phi) is 5.13. The highest BCUT2D eigenvalue weighted by Crippen LogP contribution is 2.44. The van der Waals surface area contributed by atoms with Crippen molar-refractivity contribution in [3.63, 3.8) is 0 Å². The van der Waals surface area contributed by atoms with E-state index < -0.39 is 35.1 Å². The van der Waals surface area contributed by atoms with E-state index in [1.165, 1.54) is 4.57 Å². The number of hydrogen-bond donors (Lipinski definition) is 2. The molecule has 1 saturated heterocycles. The smallest absolute Gasteiger partial charge is 0.387 e. The van der Waals surface area contributed by atoms with Crippen LogP contribution in [0, 0.1) is 5.82 Å². The normalized spacial score (nSPS) is 22.0. The molecule has 0 amide bonds. The first kappa shape index (κ1) is 20.5. The highest BCUT2D eigenvalue weighted by atomic mass is 19.3. The Labute approximate surface area is 170 Å². The van der Waals surface area contributed by atoms with Gasteiger partial charge < -0.3 is 24.6 Å². The molecule has 1 aliphatic carbocycles. The number of nitrogens with zero attached hydrogens (tertiary/aromatic N) is 2. The van der Waals surface area contributed by atoms with E-state index in [2.05, 4.69) is 5.32 Å². The van der Waals surface area contributed by atoms with Gasteiger partial charge in [0, 0.05) is 37.4 Å². The highest BCUT2D eigenvalue weighted by molar-refractivity contribution is 5.97. The number of benzene rings is 1. The monoisotopic (exact) mass is 425 g/mol. The van der Waals surface area contributed by atoms with E-state index >= 15 is 4.39 Å². The summed E-state index contributed by atoms with van der Waals surface area (Å²) in [7, 11) is 0. The van der Waals surface area contributed by atoms with E-state index in [-0.39, 0.29) is 34.7 Å². The molecule has 2 atom stereocenters. The summed E-state index contributed by atoms with van der Waals surface area (Å²) in [5, 5.41) is 12.4. The Hall–Kier alpha value is -2.75. The van der Waals surface area contributed by atoms with E-state index in [1.54, 1.807) is 4.90 Å². The number of ether oxygens (including phenoxy) is 1. The molecule has 1 aromatic carbocycles. The lowest BCUT2D eigenvalue weighted by Gasteiger charge is -2.38. The molecule has 1 aliphatic heterocycles. The second-order valence-corrected chi connectivity index (χ2v) is 8.00. The summed E-state index contributed by atoms with van der Waals surface area (Å²) >= 11 is 0. The number of piperazine rings is 1. The van der Waals surface area contributed by atoms with Gasteiger partial charge in [0.15, 0.2) is 11.6 Å². The van der Waals surface area contributed by atoms with E-state index in [4.69, 9.17) is 4.74 Å². The van der Waals surface area contributed by atoms with Crippen LogP contribution in [0.2, 0.25) is 0 Å². The van der Waals surface area contributed by atoms with Crippen molar-refractivity contribution in [3.05, 3.63) is 33.9 Å². The van der Waals surface area contributed by atoms with Crippen molar-refractivity contribution in [2.45, 2.75) is 51.4 Å². The second-order valence-electron chi connectivity index (χ2n) is 8.00. The fraction of sp³-hybridized carbons (Fsp3) is 0.500. The number of hydrogen-bond acceptors (Lipinski definition) is 5. The van der Waals surface area contributed by atoms with Crippen molar-refractivity contribution in [1.29, 1.82) is 0 Å². The molecule has 2 aromatic rings. The number of halogens is 3. The molecule has 2 N–H and O–H groups in total. The third kappa shape index (κ3) is 3.60. The van der Waals surface area contributed by atoms with Crippen LogP contribution in [0.25, 0.3) is 10.9 Å². The minimum absolute atomic E-state index is 0.00281. The number of carboxylic acids is 1. The van der Waals surface area contributed by atoms with Crippen LogP contribution in [0.4, 0.5) is 18.9 Å². The van der Waals surface area contributed by atoms with Crippen LogP contribution < -0.4 is 20.4 Å². The molecular weight excluding hydrogens is 403 g/mol. The summed E-state index contributed by atoms with van der Waals surface area (Å²) < 4.78 is 48.3. The molecule has 0 spiro atoms. The maximum Gasteiger partial charge on any atom is 0.387 e. The van der Waals surface area contributed by atoms with E-state index in [0.29, 0.717) is 25.9 Å². The van der Waals surface area contributed by atoms with Crippen LogP contribution >= 0.6 is 0 Å². The Morgan fingerprint density at radius 3 is 2.43 bits per heavy atom. The molecule has 2 unspecified atom stereocenters. The Balaban J connectivity index is 2.04. The first-order chi connectivity index (χ1) is 14.2. The number of fused-ring (bicyclic) bond motifs is 1. The third-order valence-electron chi connectivity index (χ3n) is 5.45. The van der Waals surface area contributed by atoms with Gasteiger partial charge in [-0.3, -0.25) is 4.79 Å². The Bertz CT molecular complexity index is 1060. The van der Waals surface area contributed by atoms with Crippen LogP contribution in [-0.2, 0) is 0 Å². The van der Waals surface area contributed by atoms with E-state index in [0.717, 1.165) is 12.3 Å². The molecule has 1 saturated carbocycles. The number of alkyl halides is 2. The van der Waals surface area contributed by atoms with Crippen LogP contribution in [0.3, 0.4) is 0 Å². The largest absolute Gasteiger partial charge is 0.477 e. The second kappa shape index (κ2) is 7.50. The molecule has 1 aromatic heterocycles. The predicted octanol–water partition coefficient (Wildman–Crippen LogP) is 2.96. The zero-order chi connectivity index (χ0) is 21.7. The lowest BCUT2D eigenvalue weighted by Crippen LogP contribution is -2.54. The molecule has 10 heteroatoms. The first-order valence-electron chi connectivity index (χ1n) is 9.77. The molecule has 0 bridgehead atoms. The Morgan fingerprint density at radius 2 is 1.90 bits per heavy atom. The van der Waals surface area contributed by atoms with Gasteiger partial charge in [0.25, 0.3) is 0 Å². The molecule has 2 fully saturated rings. The molecule has 2 heterocycles. The maximum absolute atomic E-state index is 15.2. The van der Waals surface area contributed by atoms with Crippen molar-refractivity contribution in [3.8, 4) is 5.75 Å². The van der Waals surface area contributed by atoms with Crippen molar-refractivity contribution >= 4 is 22.6 Å². The fourth-order valence-electron chi connectivity index (χ4n) is 4.24. The minimum atomic E-state index is -3.24.